The highest BCUT2D eigenvalue weighted by molar-refractivity contribution is 6.31. The zero-order valence-corrected chi connectivity index (χ0v) is 9.95. The molecule has 1 N–H and O–H groups in total. The molecule has 0 aliphatic heterocycles. The number of rotatable bonds is 2. The van der Waals surface area contributed by atoms with E-state index in [2.05, 4.69) is 4.98 Å². The van der Waals surface area contributed by atoms with Gasteiger partial charge in [-0.15, -0.1) is 0 Å². The lowest BCUT2D eigenvalue weighted by molar-refractivity contribution is 0.209. The summed E-state index contributed by atoms with van der Waals surface area (Å²) in [7, 11) is 0. The fourth-order valence-corrected chi connectivity index (χ4v) is 1.73. The minimum absolute atomic E-state index is 0.00687. The molecule has 0 amide bonds. The first kappa shape index (κ1) is 12.0. The van der Waals surface area contributed by atoms with Crippen molar-refractivity contribution in [1.29, 1.82) is 0 Å². The molecular weight excluding hydrogens is 241 g/mol. The summed E-state index contributed by atoms with van der Waals surface area (Å²) in [4.78, 5) is 3.84. The highest BCUT2D eigenvalue weighted by Crippen LogP contribution is 2.26. The summed E-state index contributed by atoms with van der Waals surface area (Å²) < 4.78 is 13.5. The molecule has 1 atom stereocenters. The average molecular weight is 252 g/mol. The number of nitrogens with zero attached hydrogens (tertiary/aromatic N) is 1. The van der Waals surface area contributed by atoms with Crippen molar-refractivity contribution in [2.45, 2.75) is 13.0 Å². The molecule has 88 valence electrons. The monoisotopic (exact) mass is 251 g/mol. The molecule has 0 fully saturated rings. The van der Waals surface area contributed by atoms with Crippen LogP contribution in [0.4, 0.5) is 4.39 Å². The smallest absolute Gasteiger partial charge is 0.147 e. The zero-order chi connectivity index (χ0) is 12.4. The number of hydrogen-bond donors (Lipinski definition) is 1. The number of hydrogen-bond acceptors (Lipinski definition) is 2. The van der Waals surface area contributed by atoms with Crippen LogP contribution in [0.25, 0.3) is 0 Å². The Bertz CT molecular complexity index is 545. The minimum Gasteiger partial charge on any atom is -0.382 e. The minimum atomic E-state index is -1.10. The second kappa shape index (κ2) is 4.82. The van der Waals surface area contributed by atoms with Crippen molar-refractivity contribution in [3.63, 3.8) is 0 Å². The Hall–Kier alpha value is -1.45. The summed E-state index contributed by atoms with van der Waals surface area (Å²) in [5, 5.41) is 10.6. The van der Waals surface area contributed by atoms with E-state index in [1.54, 1.807) is 18.2 Å². The van der Waals surface area contributed by atoms with Crippen LogP contribution in [0, 0.1) is 12.7 Å². The number of benzene rings is 1. The first-order valence-corrected chi connectivity index (χ1v) is 5.52. The molecular formula is C13H11ClFNO. The fraction of sp³-hybridized carbons (Fsp3) is 0.154. The van der Waals surface area contributed by atoms with Gasteiger partial charge in [0, 0.05) is 11.2 Å². The van der Waals surface area contributed by atoms with Crippen LogP contribution >= 0.6 is 11.6 Å². The Morgan fingerprint density at radius 1 is 1.35 bits per heavy atom. The van der Waals surface area contributed by atoms with Crippen LogP contribution in [0.2, 0.25) is 5.02 Å². The van der Waals surface area contributed by atoms with Crippen LogP contribution in [0.3, 0.4) is 0 Å². The van der Waals surface area contributed by atoms with Crippen molar-refractivity contribution < 1.29 is 9.50 Å². The molecule has 0 bridgehead atoms. The summed E-state index contributed by atoms with van der Waals surface area (Å²) in [6, 6.07) is 7.85. The van der Waals surface area contributed by atoms with Crippen molar-refractivity contribution in [1.82, 2.24) is 4.98 Å². The fourth-order valence-electron chi connectivity index (χ4n) is 1.54. The van der Waals surface area contributed by atoms with Gasteiger partial charge in [-0.05, 0) is 36.2 Å². The van der Waals surface area contributed by atoms with Crippen LogP contribution in [-0.4, -0.2) is 10.1 Å². The second-order valence-corrected chi connectivity index (χ2v) is 4.19. The van der Waals surface area contributed by atoms with Gasteiger partial charge >= 0.3 is 0 Å². The van der Waals surface area contributed by atoms with Crippen molar-refractivity contribution in [3.05, 3.63) is 64.2 Å². The third-order valence-corrected chi connectivity index (χ3v) is 2.96. The summed E-state index contributed by atoms with van der Waals surface area (Å²) >= 11 is 5.96. The number of aryl methyl sites for hydroxylation is 1. The lowest BCUT2D eigenvalue weighted by Gasteiger charge is -2.12. The van der Waals surface area contributed by atoms with Gasteiger partial charge in [-0.25, -0.2) is 4.39 Å². The molecule has 0 radical (unpaired) electrons. The molecule has 1 aromatic heterocycles. The van der Waals surface area contributed by atoms with E-state index in [9.17, 15) is 9.50 Å². The first-order chi connectivity index (χ1) is 8.09. The van der Waals surface area contributed by atoms with Crippen molar-refractivity contribution >= 4 is 11.6 Å². The molecule has 0 aliphatic carbocycles. The average Bonchev–Trinajstić information content (AvgIpc) is 2.32. The third-order valence-electron chi connectivity index (χ3n) is 2.56. The molecule has 0 spiro atoms. The number of aliphatic hydroxyl groups excluding tert-OH is 1. The van der Waals surface area contributed by atoms with Crippen LogP contribution in [0.1, 0.15) is 22.9 Å². The number of aliphatic hydroxyl groups is 1. The van der Waals surface area contributed by atoms with E-state index in [4.69, 9.17) is 11.6 Å². The third kappa shape index (κ3) is 2.46. The Morgan fingerprint density at radius 3 is 2.76 bits per heavy atom. The van der Waals surface area contributed by atoms with Gasteiger partial charge in [-0.1, -0.05) is 23.7 Å². The molecule has 2 rings (SSSR count). The molecule has 1 heterocycles. The number of aromatic nitrogens is 1. The molecule has 1 aromatic carbocycles. The van der Waals surface area contributed by atoms with Crippen molar-refractivity contribution in [3.8, 4) is 0 Å². The highest BCUT2D eigenvalue weighted by atomic mass is 35.5. The van der Waals surface area contributed by atoms with Gasteiger partial charge < -0.3 is 5.11 Å². The van der Waals surface area contributed by atoms with Crippen LogP contribution in [0.5, 0.6) is 0 Å². The zero-order valence-electron chi connectivity index (χ0n) is 9.19. The van der Waals surface area contributed by atoms with E-state index in [0.717, 1.165) is 5.56 Å². The summed E-state index contributed by atoms with van der Waals surface area (Å²) in [5.74, 6) is -0.531. The predicted molar refractivity (Wildman–Crippen MR) is 64.4 cm³/mol. The molecule has 4 heteroatoms. The standard InChI is InChI=1S/C13H11ClFNO/c1-8-4-5-9(7-10(8)14)13(17)12-11(15)3-2-6-16-12/h2-7,13,17H,1H3. The van der Waals surface area contributed by atoms with Gasteiger partial charge in [0.25, 0.3) is 0 Å². The van der Waals surface area contributed by atoms with Crippen molar-refractivity contribution in [2.75, 3.05) is 0 Å². The van der Waals surface area contributed by atoms with Crippen molar-refractivity contribution in [2.24, 2.45) is 0 Å². The van der Waals surface area contributed by atoms with E-state index in [0.29, 0.717) is 10.6 Å². The number of halogens is 2. The normalized spacial score (nSPS) is 12.5. The van der Waals surface area contributed by atoms with Gasteiger partial charge in [0.05, 0.1) is 0 Å². The van der Waals surface area contributed by atoms with E-state index in [1.165, 1.54) is 18.3 Å². The predicted octanol–water partition coefficient (Wildman–Crippen LogP) is 3.26. The second-order valence-electron chi connectivity index (χ2n) is 3.78. The molecule has 0 saturated heterocycles. The Morgan fingerprint density at radius 2 is 2.12 bits per heavy atom. The SMILES string of the molecule is Cc1ccc(C(O)c2ncccc2F)cc1Cl. The quantitative estimate of drug-likeness (QED) is 0.889. The summed E-state index contributed by atoms with van der Waals surface area (Å²) in [5.41, 5.74) is 1.44. The maximum absolute atomic E-state index is 13.5. The van der Waals surface area contributed by atoms with E-state index >= 15 is 0 Å². The Labute approximate surface area is 104 Å². The highest BCUT2D eigenvalue weighted by Gasteiger charge is 2.16. The molecule has 1 unspecified atom stereocenters. The van der Waals surface area contributed by atoms with Crippen LogP contribution in [-0.2, 0) is 0 Å². The summed E-state index contributed by atoms with van der Waals surface area (Å²) in [6.07, 6.45) is 0.339. The van der Waals surface area contributed by atoms with Crippen LogP contribution < -0.4 is 0 Å². The van der Waals surface area contributed by atoms with Gasteiger partial charge in [-0.3, -0.25) is 4.98 Å². The largest absolute Gasteiger partial charge is 0.382 e. The van der Waals surface area contributed by atoms with E-state index in [1.807, 2.05) is 6.92 Å². The molecule has 0 saturated carbocycles. The topological polar surface area (TPSA) is 33.1 Å². The van der Waals surface area contributed by atoms with E-state index in [-0.39, 0.29) is 5.69 Å². The molecule has 2 nitrogen and oxygen atoms in total. The van der Waals surface area contributed by atoms with Gasteiger partial charge in [-0.2, -0.15) is 0 Å². The summed E-state index contributed by atoms with van der Waals surface area (Å²) in [6.45, 7) is 1.86. The van der Waals surface area contributed by atoms with Gasteiger partial charge in [0.15, 0.2) is 0 Å². The van der Waals surface area contributed by atoms with Gasteiger partial charge in [0.1, 0.15) is 17.6 Å². The maximum atomic E-state index is 13.5. The maximum Gasteiger partial charge on any atom is 0.147 e. The van der Waals surface area contributed by atoms with Crippen LogP contribution in [0.15, 0.2) is 36.5 Å². The molecule has 2 aromatic rings. The lowest BCUT2D eigenvalue weighted by Crippen LogP contribution is -2.05. The van der Waals surface area contributed by atoms with Gasteiger partial charge in [0.2, 0.25) is 0 Å². The lowest BCUT2D eigenvalue weighted by atomic mass is 10.0. The molecule has 17 heavy (non-hydrogen) atoms. The van der Waals surface area contributed by atoms with E-state index < -0.39 is 11.9 Å². The Kier molecular flexibility index (Phi) is 3.41. The first-order valence-electron chi connectivity index (χ1n) is 5.14. The number of pyridine rings is 1. The Balaban J connectivity index is 2.40. The molecule has 0 aliphatic rings.